The number of nitrogens with one attached hydrogen (secondary N) is 1. The fourth-order valence-electron chi connectivity index (χ4n) is 2.36. The topological polar surface area (TPSA) is 55.6 Å². The van der Waals surface area contributed by atoms with E-state index in [0.29, 0.717) is 5.92 Å². The molecule has 0 saturated carbocycles. The number of rotatable bonds is 1. The average molecular weight is 191 g/mol. The van der Waals surface area contributed by atoms with Crippen molar-refractivity contribution in [1.29, 1.82) is 0 Å². The SMILES string of the molecule is Cn1nnc(C2=C[C@H]3CNC[C@H]3C2)n1. The molecule has 0 amide bonds. The zero-order valence-electron chi connectivity index (χ0n) is 8.14. The maximum Gasteiger partial charge on any atom is 0.200 e. The molecule has 0 unspecified atom stereocenters. The number of hydrogen-bond acceptors (Lipinski definition) is 4. The average Bonchev–Trinajstić information content (AvgIpc) is 2.75. The van der Waals surface area contributed by atoms with Gasteiger partial charge in [0.15, 0.2) is 0 Å². The number of aryl methyl sites for hydroxylation is 1. The van der Waals surface area contributed by atoms with E-state index in [1.807, 2.05) is 0 Å². The van der Waals surface area contributed by atoms with E-state index in [0.717, 1.165) is 31.3 Å². The lowest BCUT2D eigenvalue weighted by atomic mass is 10.00. The molecule has 1 saturated heterocycles. The van der Waals surface area contributed by atoms with Crippen LogP contribution in [-0.4, -0.2) is 33.3 Å². The first-order valence-electron chi connectivity index (χ1n) is 4.99. The van der Waals surface area contributed by atoms with Crippen LogP contribution >= 0.6 is 0 Å². The Morgan fingerprint density at radius 3 is 3.14 bits per heavy atom. The first kappa shape index (κ1) is 8.11. The Bertz CT molecular complexity index is 380. The monoisotopic (exact) mass is 191 g/mol. The number of allylic oxidation sites excluding steroid dienone is 1. The summed E-state index contributed by atoms with van der Waals surface area (Å²) in [6.45, 7) is 2.24. The van der Waals surface area contributed by atoms with Crippen LogP contribution in [0, 0.1) is 11.8 Å². The van der Waals surface area contributed by atoms with Crippen molar-refractivity contribution in [3.05, 3.63) is 11.9 Å². The first-order chi connectivity index (χ1) is 6.83. The largest absolute Gasteiger partial charge is 0.316 e. The van der Waals surface area contributed by atoms with E-state index >= 15 is 0 Å². The maximum absolute atomic E-state index is 4.23. The summed E-state index contributed by atoms with van der Waals surface area (Å²) in [7, 11) is 1.80. The molecule has 2 aliphatic rings. The zero-order valence-corrected chi connectivity index (χ0v) is 8.14. The Labute approximate surface area is 82.2 Å². The van der Waals surface area contributed by atoms with Crippen LogP contribution < -0.4 is 5.32 Å². The summed E-state index contributed by atoms with van der Waals surface area (Å²) >= 11 is 0. The van der Waals surface area contributed by atoms with Gasteiger partial charge >= 0.3 is 0 Å². The van der Waals surface area contributed by atoms with Gasteiger partial charge in [0.1, 0.15) is 0 Å². The summed E-state index contributed by atoms with van der Waals surface area (Å²) in [5.74, 6) is 2.25. The van der Waals surface area contributed by atoms with Gasteiger partial charge in [0.2, 0.25) is 5.82 Å². The Hall–Kier alpha value is -1.23. The molecule has 1 aliphatic heterocycles. The van der Waals surface area contributed by atoms with E-state index in [9.17, 15) is 0 Å². The van der Waals surface area contributed by atoms with Crippen LogP contribution in [0.15, 0.2) is 6.08 Å². The van der Waals surface area contributed by atoms with Crippen LogP contribution in [0.3, 0.4) is 0 Å². The molecule has 3 rings (SSSR count). The number of tetrazole rings is 1. The molecule has 0 radical (unpaired) electrons. The van der Waals surface area contributed by atoms with Gasteiger partial charge in [-0.15, -0.1) is 10.2 Å². The van der Waals surface area contributed by atoms with Crippen molar-refractivity contribution in [2.24, 2.45) is 18.9 Å². The van der Waals surface area contributed by atoms with Crippen molar-refractivity contribution in [3.63, 3.8) is 0 Å². The number of aromatic nitrogens is 4. The molecule has 1 aromatic rings. The number of nitrogens with zero attached hydrogens (tertiary/aromatic N) is 4. The summed E-state index contributed by atoms with van der Waals surface area (Å²) in [4.78, 5) is 1.52. The van der Waals surface area contributed by atoms with Crippen LogP contribution in [0.4, 0.5) is 0 Å². The lowest BCUT2D eigenvalue weighted by Crippen LogP contribution is -2.09. The Balaban J connectivity index is 1.87. The van der Waals surface area contributed by atoms with Crippen molar-refractivity contribution < 1.29 is 0 Å². The lowest BCUT2D eigenvalue weighted by Gasteiger charge is -2.03. The highest BCUT2D eigenvalue weighted by Gasteiger charge is 2.33. The van der Waals surface area contributed by atoms with Crippen LogP contribution in [0.25, 0.3) is 5.57 Å². The summed E-state index contributed by atoms with van der Waals surface area (Å²) in [6, 6.07) is 0. The van der Waals surface area contributed by atoms with Gasteiger partial charge in [-0.2, -0.15) is 4.80 Å². The van der Waals surface area contributed by atoms with Gasteiger partial charge in [0.05, 0.1) is 7.05 Å². The summed E-state index contributed by atoms with van der Waals surface area (Å²) < 4.78 is 0. The van der Waals surface area contributed by atoms with Crippen LogP contribution in [0.2, 0.25) is 0 Å². The van der Waals surface area contributed by atoms with E-state index in [2.05, 4.69) is 26.8 Å². The predicted octanol–water partition coefficient (Wildman–Crippen LogP) is -0.167. The third-order valence-electron chi connectivity index (χ3n) is 3.08. The van der Waals surface area contributed by atoms with Crippen molar-refractivity contribution in [2.75, 3.05) is 13.1 Å². The molecule has 0 spiro atoms. The normalized spacial score (nSPS) is 30.5. The minimum Gasteiger partial charge on any atom is -0.316 e. The molecule has 74 valence electrons. The minimum absolute atomic E-state index is 0.689. The Morgan fingerprint density at radius 1 is 1.50 bits per heavy atom. The number of fused-ring (bicyclic) bond motifs is 1. The van der Waals surface area contributed by atoms with Crippen molar-refractivity contribution in [2.45, 2.75) is 6.42 Å². The molecule has 5 nitrogen and oxygen atoms in total. The van der Waals surface area contributed by atoms with E-state index < -0.39 is 0 Å². The second-order valence-electron chi connectivity index (χ2n) is 4.08. The third-order valence-corrected chi connectivity index (χ3v) is 3.08. The molecule has 14 heavy (non-hydrogen) atoms. The van der Waals surface area contributed by atoms with E-state index in [4.69, 9.17) is 0 Å². The fourth-order valence-corrected chi connectivity index (χ4v) is 2.36. The maximum atomic E-state index is 4.23. The molecule has 0 aromatic carbocycles. The van der Waals surface area contributed by atoms with Crippen LogP contribution in [0.1, 0.15) is 12.2 Å². The standard InChI is InChI=1S/C9H13N5/c1-14-12-9(11-13-14)6-2-7-4-10-5-8(7)3-6/h2,7-8,10H,3-5H2,1H3/t7-,8+/m0/s1. The third kappa shape index (κ3) is 1.16. The Kier molecular flexibility index (Phi) is 1.67. The zero-order chi connectivity index (χ0) is 9.54. The molecule has 5 heteroatoms. The van der Waals surface area contributed by atoms with Crippen molar-refractivity contribution >= 4 is 5.57 Å². The van der Waals surface area contributed by atoms with Gasteiger partial charge in [0.25, 0.3) is 0 Å². The van der Waals surface area contributed by atoms with Crippen molar-refractivity contribution in [3.8, 4) is 0 Å². The van der Waals surface area contributed by atoms with E-state index in [-0.39, 0.29) is 0 Å². The van der Waals surface area contributed by atoms with Gasteiger partial charge in [-0.1, -0.05) is 6.08 Å². The van der Waals surface area contributed by atoms with Gasteiger partial charge in [-0.05, 0) is 35.6 Å². The van der Waals surface area contributed by atoms with Gasteiger partial charge in [-0.25, -0.2) is 0 Å². The Morgan fingerprint density at radius 2 is 2.43 bits per heavy atom. The van der Waals surface area contributed by atoms with E-state index in [1.54, 1.807) is 7.05 Å². The predicted molar refractivity (Wildman–Crippen MR) is 51.2 cm³/mol. The molecule has 2 atom stereocenters. The fraction of sp³-hybridized carbons (Fsp3) is 0.667. The molecule has 1 aromatic heterocycles. The summed E-state index contributed by atoms with van der Waals surface area (Å²) in [6.07, 6.45) is 3.41. The molecule has 1 fully saturated rings. The second-order valence-corrected chi connectivity index (χ2v) is 4.08. The second kappa shape index (κ2) is 2.88. The molecule has 1 N–H and O–H groups in total. The van der Waals surface area contributed by atoms with Gasteiger partial charge in [0, 0.05) is 6.54 Å². The van der Waals surface area contributed by atoms with Gasteiger partial charge in [-0.3, -0.25) is 0 Å². The van der Waals surface area contributed by atoms with E-state index in [1.165, 1.54) is 10.4 Å². The molecular weight excluding hydrogens is 178 g/mol. The summed E-state index contributed by atoms with van der Waals surface area (Å²) in [5.41, 5.74) is 1.27. The molecule has 0 bridgehead atoms. The highest BCUT2D eigenvalue weighted by molar-refractivity contribution is 5.62. The van der Waals surface area contributed by atoms with Gasteiger partial charge < -0.3 is 5.32 Å². The minimum atomic E-state index is 0.689. The smallest absolute Gasteiger partial charge is 0.200 e. The quantitative estimate of drug-likeness (QED) is 0.669. The highest BCUT2D eigenvalue weighted by Crippen LogP contribution is 2.36. The van der Waals surface area contributed by atoms with Crippen LogP contribution in [-0.2, 0) is 7.05 Å². The van der Waals surface area contributed by atoms with Crippen molar-refractivity contribution in [1.82, 2.24) is 25.5 Å². The first-order valence-corrected chi connectivity index (χ1v) is 4.99. The molecular formula is C9H13N5. The lowest BCUT2D eigenvalue weighted by molar-refractivity contribution is 0.536. The highest BCUT2D eigenvalue weighted by atomic mass is 15.6. The molecule has 2 heterocycles. The molecule has 1 aliphatic carbocycles. The summed E-state index contributed by atoms with van der Waals surface area (Å²) in [5, 5.41) is 15.5. The number of hydrogen-bond donors (Lipinski definition) is 1. The van der Waals surface area contributed by atoms with Crippen LogP contribution in [0.5, 0.6) is 0 Å².